The number of pyridine rings is 1. The summed E-state index contributed by atoms with van der Waals surface area (Å²) in [6.45, 7) is 0. The number of nitrogens with zero attached hydrogens (tertiary/aromatic N) is 2. The lowest BCUT2D eigenvalue weighted by Gasteiger charge is -2.29. The molecule has 1 aliphatic heterocycles. The lowest BCUT2D eigenvalue weighted by molar-refractivity contribution is 0.525. The maximum absolute atomic E-state index is 14.7. The molecule has 0 unspecified atom stereocenters. The van der Waals surface area contributed by atoms with Crippen LogP contribution in [-0.4, -0.2) is 13.0 Å². The van der Waals surface area contributed by atoms with Crippen LogP contribution in [-0.2, 0) is 10.0 Å². The maximum Gasteiger partial charge on any atom is 0.269 e. The Bertz CT molecular complexity index is 1540. The van der Waals surface area contributed by atoms with Crippen molar-refractivity contribution >= 4 is 39.0 Å². The van der Waals surface area contributed by atoms with Crippen molar-refractivity contribution in [3.8, 4) is 0 Å². The van der Waals surface area contributed by atoms with Crippen LogP contribution in [0, 0.1) is 5.82 Å². The molecule has 5 rings (SSSR count). The Hall–Kier alpha value is -3.13. The van der Waals surface area contributed by atoms with Crippen LogP contribution < -0.4 is 9.86 Å². The van der Waals surface area contributed by atoms with Crippen molar-refractivity contribution in [2.24, 2.45) is 0 Å². The van der Waals surface area contributed by atoms with Crippen LogP contribution in [0.15, 0.2) is 101 Å². The Balaban J connectivity index is 1.83. The first-order chi connectivity index (χ1) is 16.3. The van der Waals surface area contributed by atoms with Crippen LogP contribution in [0.25, 0.3) is 0 Å². The second-order valence-electron chi connectivity index (χ2n) is 7.82. The van der Waals surface area contributed by atoms with Crippen LogP contribution in [0.4, 0.5) is 10.2 Å². The SMILES string of the molecule is O=c1cccc2n1[C@H](c1ccc(Cl)cc1)[C@H](c1ccc(Cl)cc1)N2S(=O)(=O)c1ccccc1F. The molecule has 0 radical (unpaired) electrons. The molecule has 0 saturated heterocycles. The summed E-state index contributed by atoms with van der Waals surface area (Å²) in [6, 6.07) is 21.5. The minimum atomic E-state index is -4.42. The van der Waals surface area contributed by atoms with Gasteiger partial charge in [-0.3, -0.25) is 9.36 Å². The number of hydrogen-bond acceptors (Lipinski definition) is 3. The van der Waals surface area contributed by atoms with Gasteiger partial charge in [0.1, 0.15) is 16.5 Å². The lowest BCUT2D eigenvalue weighted by Crippen LogP contribution is -2.34. The monoisotopic (exact) mass is 514 g/mol. The largest absolute Gasteiger partial charge is 0.284 e. The second-order valence-corrected chi connectivity index (χ2v) is 10.5. The fourth-order valence-electron chi connectivity index (χ4n) is 4.36. The van der Waals surface area contributed by atoms with E-state index >= 15 is 0 Å². The van der Waals surface area contributed by atoms with Crippen LogP contribution in [0.1, 0.15) is 23.2 Å². The summed E-state index contributed by atoms with van der Waals surface area (Å²) in [7, 11) is -4.42. The molecule has 4 aromatic rings. The van der Waals surface area contributed by atoms with E-state index in [1.807, 2.05) is 0 Å². The molecule has 0 spiro atoms. The van der Waals surface area contributed by atoms with Gasteiger partial charge in [-0.1, -0.05) is 65.7 Å². The first-order valence-corrected chi connectivity index (χ1v) is 12.5. The molecule has 0 fully saturated rings. The molecule has 0 bridgehead atoms. The molecule has 5 nitrogen and oxygen atoms in total. The fourth-order valence-corrected chi connectivity index (χ4v) is 6.32. The number of sulfonamides is 1. The molecular formula is C25H17Cl2FN2O3S. The quantitative estimate of drug-likeness (QED) is 0.344. The minimum absolute atomic E-state index is 0.135. The minimum Gasteiger partial charge on any atom is -0.284 e. The van der Waals surface area contributed by atoms with Crippen LogP contribution >= 0.6 is 23.2 Å². The molecule has 0 saturated carbocycles. The molecular weight excluding hydrogens is 498 g/mol. The molecule has 3 aromatic carbocycles. The third kappa shape index (κ3) is 3.70. The van der Waals surface area contributed by atoms with Gasteiger partial charge in [-0.05, 0) is 53.6 Å². The third-order valence-electron chi connectivity index (χ3n) is 5.82. The van der Waals surface area contributed by atoms with E-state index in [-0.39, 0.29) is 11.4 Å². The van der Waals surface area contributed by atoms with E-state index in [2.05, 4.69) is 0 Å². The Kier molecular flexibility index (Phi) is 5.72. The van der Waals surface area contributed by atoms with Crippen molar-refractivity contribution in [2.75, 3.05) is 4.31 Å². The van der Waals surface area contributed by atoms with E-state index in [4.69, 9.17) is 23.2 Å². The number of hydrogen-bond donors (Lipinski definition) is 0. The average molecular weight is 515 g/mol. The molecule has 172 valence electrons. The summed E-state index contributed by atoms with van der Waals surface area (Å²) in [5, 5.41) is 0.976. The molecule has 0 amide bonds. The molecule has 9 heteroatoms. The average Bonchev–Trinajstić information content (AvgIpc) is 3.17. The van der Waals surface area contributed by atoms with Crippen LogP contribution in [0.2, 0.25) is 10.0 Å². The third-order valence-corrected chi connectivity index (χ3v) is 8.14. The second kappa shape index (κ2) is 8.58. The molecule has 0 N–H and O–H groups in total. The van der Waals surface area contributed by atoms with E-state index < -0.39 is 32.8 Å². The number of anilines is 1. The van der Waals surface area contributed by atoms with Gasteiger partial charge in [-0.25, -0.2) is 17.1 Å². The normalized spacial score (nSPS) is 17.6. The Morgan fingerprint density at radius 3 is 1.85 bits per heavy atom. The first-order valence-electron chi connectivity index (χ1n) is 10.3. The van der Waals surface area contributed by atoms with Gasteiger partial charge in [0.15, 0.2) is 0 Å². The van der Waals surface area contributed by atoms with Crippen molar-refractivity contribution in [3.05, 3.63) is 128 Å². The number of aromatic nitrogens is 1. The zero-order chi connectivity index (χ0) is 24.0. The number of halogens is 3. The summed E-state index contributed by atoms with van der Waals surface area (Å²) >= 11 is 12.2. The predicted molar refractivity (Wildman–Crippen MR) is 131 cm³/mol. The highest BCUT2D eigenvalue weighted by molar-refractivity contribution is 7.92. The van der Waals surface area contributed by atoms with Crippen molar-refractivity contribution in [3.63, 3.8) is 0 Å². The molecule has 1 aromatic heterocycles. The van der Waals surface area contributed by atoms with Gasteiger partial charge >= 0.3 is 0 Å². The zero-order valence-electron chi connectivity index (χ0n) is 17.5. The maximum atomic E-state index is 14.7. The number of fused-ring (bicyclic) bond motifs is 1. The van der Waals surface area contributed by atoms with Crippen LogP contribution in [0.5, 0.6) is 0 Å². The number of benzene rings is 3. The summed E-state index contributed by atoms with van der Waals surface area (Å²) < 4.78 is 45.1. The van der Waals surface area contributed by atoms with Crippen molar-refractivity contribution < 1.29 is 12.8 Å². The van der Waals surface area contributed by atoms with Crippen molar-refractivity contribution in [2.45, 2.75) is 17.0 Å². The highest BCUT2D eigenvalue weighted by Gasteiger charge is 2.47. The van der Waals surface area contributed by atoms with Gasteiger partial charge in [0.05, 0.1) is 12.1 Å². The standard InChI is InChI=1S/C25H17Cl2FN2O3S/c26-18-12-8-16(9-13-18)24-25(17-10-14-19(27)15-11-17)30(22-6-3-7-23(31)29(22)24)34(32,33)21-5-2-1-4-20(21)28/h1-15,24-25H/t24-,25+/m1/s1. The van der Waals surface area contributed by atoms with Gasteiger partial charge in [-0.2, -0.15) is 0 Å². The van der Waals surface area contributed by atoms with E-state index in [0.29, 0.717) is 21.2 Å². The van der Waals surface area contributed by atoms with E-state index in [1.165, 1.54) is 34.9 Å². The highest BCUT2D eigenvalue weighted by Crippen LogP contribution is 2.49. The topological polar surface area (TPSA) is 59.4 Å². The molecule has 1 aliphatic rings. The summed E-state index contributed by atoms with van der Waals surface area (Å²) in [5.74, 6) is -0.743. The van der Waals surface area contributed by atoms with Gasteiger partial charge < -0.3 is 0 Å². The molecule has 2 heterocycles. The zero-order valence-corrected chi connectivity index (χ0v) is 19.8. The highest BCUT2D eigenvalue weighted by atomic mass is 35.5. The smallest absolute Gasteiger partial charge is 0.269 e. The van der Waals surface area contributed by atoms with Crippen molar-refractivity contribution in [1.82, 2.24) is 4.57 Å². The van der Waals surface area contributed by atoms with Gasteiger partial charge in [0.25, 0.3) is 15.6 Å². The van der Waals surface area contributed by atoms with Crippen LogP contribution in [0.3, 0.4) is 0 Å². The van der Waals surface area contributed by atoms with Gasteiger partial charge in [0, 0.05) is 16.1 Å². The van der Waals surface area contributed by atoms with Crippen molar-refractivity contribution in [1.29, 1.82) is 0 Å². The Labute approximate surface area is 205 Å². The lowest BCUT2D eigenvalue weighted by atomic mass is 9.94. The number of rotatable bonds is 4. The fraction of sp³-hybridized carbons (Fsp3) is 0.0800. The van der Waals surface area contributed by atoms with E-state index in [1.54, 1.807) is 54.6 Å². The summed E-state index contributed by atoms with van der Waals surface area (Å²) in [4.78, 5) is 12.6. The van der Waals surface area contributed by atoms with E-state index in [0.717, 1.165) is 10.4 Å². The summed E-state index contributed by atoms with van der Waals surface area (Å²) in [5.41, 5.74) is 0.875. The first kappa shape index (κ1) is 22.7. The van der Waals surface area contributed by atoms with Gasteiger partial charge in [0.2, 0.25) is 0 Å². The predicted octanol–water partition coefficient (Wildman–Crippen LogP) is 5.83. The Morgan fingerprint density at radius 2 is 1.26 bits per heavy atom. The van der Waals surface area contributed by atoms with E-state index in [9.17, 15) is 17.6 Å². The van der Waals surface area contributed by atoms with Gasteiger partial charge in [-0.15, -0.1) is 0 Å². The summed E-state index contributed by atoms with van der Waals surface area (Å²) in [6.07, 6.45) is 0. The Morgan fingerprint density at radius 1 is 0.706 bits per heavy atom. The molecule has 2 atom stereocenters. The molecule has 34 heavy (non-hydrogen) atoms. The molecule has 0 aliphatic carbocycles.